The molecule has 1 atom stereocenters. The second kappa shape index (κ2) is 15.9. The maximum atomic E-state index is 13.0. The van der Waals surface area contributed by atoms with Gasteiger partial charge in [0, 0.05) is 6.07 Å². The van der Waals surface area contributed by atoms with Crippen LogP contribution in [-0.2, 0) is 21.0 Å². The van der Waals surface area contributed by atoms with E-state index in [1.54, 1.807) is 24.3 Å². The number of ether oxygens (including phenoxy) is 1. The molecule has 10 nitrogen and oxygen atoms in total. The molecule has 0 spiro atoms. The van der Waals surface area contributed by atoms with Crippen LogP contribution in [0.5, 0.6) is 5.88 Å². The number of benzene rings is 1. The van der Waals surface area contributed by atoms with E-state index in [1.165, 1.54) is 13.2 Å². The van der Waals surface area contributed by atoms with Crippen LogP contribution >= 0.6 is 0 Å². The Kier molecular flexibility index (Phi) is 12.0. The fourth-order valence-electron chi connectivity index (χ4n) is 3.90. The van der Waals surface area contributed by atoms with Crippen molar-refractivity contribution in [3.63, 3.8) is 0 Å². The number of furan rings is 1. The summed E-state index contributed by atoms with van der Waals surface area (Å²) in [7, 11) is 1.52. The number of hydrogen-bond donors (Lipinski definition) is 2. The van der Waals surface area contributed by atoms with Gasteiger partial charge >= 0.3 is 0 Å². The smallest absolute Gasteiger partial charge is 0.288 e. The highest BCUT2D eigenvalue weighted by atomic mass is 16.7. The van der Waals surface area contributed by atoms with E-state index in [9.17, 15) is 14.4 Å². The maximum absolute atomic E-state index is 13.0. The highest BCUT2D eigenvalue weighted by molar-refractivity contribution is 5.92. The molecular weight excluding hydrogens is 500 g/mol. The topological polar surface area (TPSA) is 123 Å². The number of rotatable bonds is 17. The van der Waals surface area contributed by atoms with Crippen molar-refractivity contribution in [1.82, 2.24) is 20.7 Å². The molecule has 3 aromatic rings. The molecule has 0 saturated heterocycles. The van der Waals surface area contributed by atoms with Crippen LogP contribution in [-0.4, -0.2) is 48.6 Å². The third-order valence-corrected chi connectivity index (χ3v) is 6.06. The van der Waals surface area contributed by atoms with Crippen molar-refractivity contribution >= 4 is 18.2 Å². The van der Waals surface area contributed by atoms with E-state index in [-0.39, 0.29) is 31.5 Å². The van der Waals surface area contributed by atoms with Crippen LogP contribution in [0, 0.1) is 5.92 Å². The molecule has 0 aliphatic rings. The first-order valence-corrected chi connectivity index (χ1v) is 13.1. The van der Waals surface area contributed by atoms with Gasteiger partial charge in [0.15, 0.2) is 11.5 Å². The summed E-state index contributed by atoms with van der Waals surface area (Å²) < 4.78 is 10.8. The Labute approximate surface area is 228 Å². The van der Waals surface area contributed by atoms with Gasteiger partial charge in [0.25, 0.3) is 5.91 Å². The van der Waals surface area contributed by atoms with E-state index in [0.29, 0.717) is 30.2 Å². The van der Waals surface area contributed by atoms with Gasteiger partial charge in [0.1, 0.15) is 12.3 Å². The molecule has 10 heteroatoms. The number of unbranched alkanes of at least 4 members (excludes halogenated alkanes) is 3. The Morgan fingerprint density at radius 3 is 2.59 bits per heavy atom. The molecule has 1 aromatic carbocycles. The number of nitrogens with zero attached hydrogens (tertiary/aromatic N) is 2. The molecule has 3 amide bonds. The normalized spacial score (nSPS) is 11.4. The van der Waals surface area contributed by atoms with Gasteiger partial charge in [-0.15, -0.1) is 0 Å². The Bertz CT molecular complexity index is 1180. The van der Waals surface area contributed by atoms with E-state index in [1.807, 2.05) is 30.3 Å². The van der Waals surface area contributed by atoms with Gasteiger partial charge < -0.3 is 19.8 Å². The first-order valence-electron chi connectivity index (χ1n) is 13.1. The fraction of sp³-hybridized carbons (Fsp3) is 0.379. The van der Waals surface area contributed by atoms with Crippen molar-refractivity contribution in [1.29, 1.82) is 0 Å². The summed E-state index contributed by atoms with van der Waals surface area (Å²) >= 11 is 0. The second-order valence-corrected chi connectivity index (χ2v) is 8.96. The zero-order valence-electron chi connectivity index (χ0n) is 22.4. The molecule has 0 radical (unpaired) electrons. The third kappa shape index (κ3) is 9.57. The number of hydroxylamine groups is 2. The SMILES string of the molecule is CCCCCC[C@H](CN(C=O)OCc1ccccc1)C(=O)NCNC(=O)c1ccc(-c2cccc(OC)n2)o1. The number of hydrogen-bond acceptors (Lipinski definition) is 7. The van der Waals surface area contributed by atoms with Gasteiger partial charge in [-0.2, -0.15) is 0 Å². The number of carbonyl (C=O) groups is 3. The highest BCUT2D eigenvalue weighted by Gasteiger charge is 2.22. The molecule has 2 aromatic heterocycles. The van der Waals surface area contributed by atoms with Gasteiger partial charge in [0.2, 0.25) is 18.2 Å². The summed E-state index contributed by atoms with van der Waals surface area (Å²) in [5, 5.41) is 6.54. The summed E-state index contributed by atoms with van der Waals surface area (Å²) in [5.41, 5.74) is 1.45. The van der Waals surface area contributed by atoms with E-state index < -0.39 is 11.8 Å². The third-order valence-electron chi connectivity index (χ3n) is 6.06. The van der Waals surface area contributed by atoms with Crippen LogP contribution in [0.25, 0.3) is 11.5 Å². The predicted molar refractivity (Wildman–Crippen MR) is 145 cm³/mol. The lowest BCUT2D eigenvalue weighted by molar-refractivity contribution is -0.182. The lowest BCUT2D eigenvalue weighted by atomic mass is 9.99. The molecule has 39 heavy (non-hydrogen) atoms. The Hall–Kier alpha value is -4.18. The Morgan fingerprint density at radius 2 is 1.85 bits per heavy atom. The van der Waals surface area contributed by atoms with E-state index in [0.717, 1.165) is 36.3 Å². The summed E-state index contributed by atoms with van der Waals surface area (Å²) in [4.78, 5) is 47.1. The Morgan fingerprint density at radius 1 is 1.03 bits per heavy atom. The number of carbonyl (C=O) groups excluding carboxylic acids is 3. The quantitative estimate of drug-likeness (QED) is 0.114. The lowest BCUT2D eigenvalue weighted by Crippen LogP contribution is -2.43. The fourth-order valence-corrected chi connectivity index (χ4v) is 3.90. The van der Waals surface area contributed by atoms with Crippen LogP contribution in [0.1, 0.15) is 55.1 Å². The van der Waals surface area contributed by atoms with E-state index in [4.69, 9.17) is 14.0 Å². The molecule has 0 aliphatic carbocycles. The molecule has 0 bridgehead atoms. The lowest BCUT2D eigenvalue weighted by Gasteiger charge is -2.23. The Balaban J connectivity index is 1.53. The van der Waals surface area contributed by atoms with Crippen LogP contribution in [0.4, 0.5) is 0 Å². The molecule has 3 rings (SSSR count). The van der Waals surface area contributed by atoms with Crippen molar-refractivity contribution in [3.05, 3.63) is 72.0 Å². The highest BCUT2D eigenvalue weighted by Crippen LogP contribution is 2.22. The monoisotopic (exact) mass is 536 g/mol. The van der Waals surface area contributed by atoms with Crippen molar-refractivity contribution < 1.29 is 28.4 Å². The number of methoxy groups -OCH3 is 1. The molecule has 0 fully saturated rings. The zero-order chi connectivity index (χ0) is 27.9. The number of aromatic nitrogens is 1. The minimum absolute atomic E-state index is 0.0847. The van der Waals surface area contributed by atoms with E-state index in [2.05, 4.69) is 22.5 Å². The van der Waals surface area contributed by atoms with Crippen molar-refractivity contribution in [3.8, 4) is 17.3 Å². The first kappa shape index (κ1) is 29.4. The summed E-state index contributed by atoms with van der Waals surface area (Å²) in [6, 6.07) is 17.9. The molecule has 0 unspecified atom stereocenters. The van der Waals surface area contributed by atoms with Gasteiger partial charge in [-0.1, -0.05) is 69.0 Å². The number of pyridine rings is 1. The van der Waals surface area contributed by atoms with Gasteiger partial charge in [0.05, 0.1) is 26.2 Å². The predicted octanol–water partition coefficient (Wildman–Crippen LogP) is 4.33. The van der Waals surface area contributed by atoms with Crippen molar-refractivity contribution in [2.45, 2.75) is 45.6 Å². The van der Waals surface area contributed by atoms with Crippen LogP contribution in [0.2, 0.25) is 0 Å². The molecular formula is C29H36N4O6. The summed E-state index contributed by atoms with van der Waals surface area (Å²) in [6.07, 6.45) is 5.16. The van der Waals surface area contributed by atoms with E-state index >= 15 is 0 Å². The first-order chi connectivity index (χ1) is 19.0. The van der Waals surface area contributed by atoms with Crippen molar-refractivity contribution in [2.75, 3.05) is 20.3 Å². The van der Waals surface area contributed by atoms with Crippen molar-refractivity contribution in [2.24, 2.45) is 5.92 Å². The van der Waals surface area contributed by atoms with Crippen LogP contribution < -0.4 is 15.4 Å². The molecule has 0 saturated carbocycles. The molecule has 2 N–H and O–H groups in total. The second-order valence-electron chi connectivity index (χ2n) is 8.96. The minimum Gasteiger partial charge on any atom is -0.481 e. The standard InChI is InChI=1S/C29H36N4O6/c1-3-4-5-9-13-23(18-33(21-34)38-19-22-11-7-6-8-12-22)28(35)30-20-31-29(36)26-17-16-25(39-26)24-14-10-15-27(32-24)37-2/h6-8,10-12,14-17,21,23H,3-5,9,13,18-20H2,1-2H3,(H,30,35)(H,31,36)/t23-/m1/s1. The summed E-state index contributed by atoms with van der Waals surface area (Å²) in [6.45, 7) is 2.35. The largest absolute Gasteiger partial charge is 0.481 e. The molecule has 0 aliphatic heterocycles. The molecule has 2 heterocycles. The summed E-state index contributed by atoms with van der Waals surface area (Å²) in [5.74, 6) is -0.317. The van der Waals surface area contributed by atoms with Gasteiger partial charge in [-0.25, -0.2) is 10.0 Å². The number of amides is 3. The van der Waals surface area contributed by atoms with Crippen LogP contribution in [0.3, 0.4) is 0 Å². The maximum Gasteiger partial charge on any atom is 0.288 e. The van der Waals surface area contributed by atoms with Crippen LogP contribution in [0.15, 0.2) is 65.1 Å². The zero-order valence-corrected chi connectivity index (χ0v) is 22.4. The van der Waals surface area contributed by atoms with Gasteiger partial charge in [-0.05, 0) is 30.2 Å². The minimum atomic E-state index is -0.492. The average molecular weight is 537 g/mol. The number of nitrogens with one attached hydrogen (secondary N) is 2. The average Bonchev–Trinajstić information content (AvgIpc) is 3.47. The van der Waals surface area contributed by atoms with Gasteiger partial charge in [-0.3, -0.25) is 19.2 Å². The molecule has 208 valence electrons.